The molecule has 1 amide bonds. The first-order valence-corrected chi connectivity index (χ1v) is 9.50. The standard InChI is InChI=1S/C19H27F3N4O2/c1-23-19(24-10-11-28-13-6-4-2-3-5-7-13)25-12-16(27)26-15-9-8-14(20)17(21)18(15)22/h8-9,13H,2-7,10-12H2,1H3,(H,26,27)(H2,23,24,25). The topological polar surface area (TPSA) is 74.8 Å². The Morgan fingerprint density at radius 1 is 1.11 bits per heavy atom. The highest BCUT2D eigenvalue weighted by Gasteiger charge is 2.15. The van der Waals surface area contributed by atoms with Gasteiger partial charge in [0.1, 0.15) is 0 Å². The van der Waals surface area contributed by atoms with Crippen molar-refractivity contribution in [2.75, 3.05) is 32.1 Å². The molecule has 0 aliphatic heterocycles. The van der Waals surface area contributed by atoms with Gasteiger partial charge in [0.15, 0.2) is 23.4 Å². The van der Waals surface area contributed by atoms with Crippen LogP contribution in [-0.2, 0) is 9.53 Å². The summed E-state index contributed by atoms with van der Waals surface area (Å²) in [5, 5.41) is 7.97. The Morgan fingerprint density at radius 2 is 1.82 bits per heavy atom. The second-order valence-electron chi connectivity index (χ2n) is 6.61. The van der Waals surface area contributed by atoms with Crippen LogP contribution in [0.3, 0.4) is 0 Å². The molecule has 1 aromatic carbocycles. The van der Waals surface area contributed by atoms with Gasteiger partial charge in [0, 0.05) is 13.6 Å². The molecule has 1 aromatic rings. The second-order valence-corrected chi connectivity index (χ2v) is 6.61. The molecule has 1 saturated carbocycles. The number of aliphatic imine (C=N–C) groups is 1. The molecule has 3 N–H and O–H groups in total. The van der Waals surface area contributed by atoms with E-state index >= 15 is 0 Å². The van der Waals surface area contributed by atoms with Crippen molar-refractivity contribution in [2.24, 2.45) is 4.99 Å². The summed E-state index contributed by atoms with van der Waals surface area (Å²) in [5.74, 6) is -4.62. The third kappa shape index (κ3) is 7.03. The molecule has 0 radical (unpaired) electrons. The maximum absolute atomic E-state index is 13.6. The quantitative estimate of drug-likeness (QED) is 0.216. The van der Waals surface area contributed by atoms with E-state index in [4.69, 9.17) is 4.74 Å². The minimum atomic E-state index is -1.63. The lowest BCUT2D eigenvalue weighted by molar-refractivity contribution is -0.115. The summed E-state index contributed by atoms with van der Waals surface area (Å²) in [4.78, 5) is 15.9. The fourth-order valence-electron chi connectivity index (χ4n) is 3.01. The third-order valence-electron chi connectivity index (χ3n) is 4.50. The Kier molecular flexibility index (Phi) is 9.06. The van der Waals surface area contributed by atoms with E-state index in [0.29, 0.717) is 25.2 Å². The van der Waals surface area contributed by atoms with Crippen molar-refractivity contribution in [1.29, 1.82) is 0 Å². The van der Waals surface area contributed by atoms with Gasteiger partial charge in [-0.15, -0.1) is 0 Å². The summed E-state index contributed by atoms with van der Waals surface area (Å²) < 4.78 is 45.5. The molecule has 28 heavy (non-hydrogen) atoms. The van der Waals surface area contributed by atoms with E-state index in [1.54, 1.807) is 7.05 Å². The lowest BCUT2D eigenvalue weighted by Gasteiger charge is -2.16. The fraction of sp³-hybridized carbons (Fsp3) is 0.579. The molecule has 9 heteroatoms. The summed E-state index contributed by atoms with van der Waals surface area (Å²) in [5.41, 5.74) is -0.426. The second kappa shape index (κ2) is 11.5. The van der Waals surface area contributed by atoms with Gasteiger partial charge >= 0.3 is 0 Å². The number of carbonyl (C=O) groups excluding carboxylic acids is 1. The van der Waals surface area contributed by atoms with E-state index in [-0.39, 0.29) is 6.54 Å². The highest BCUT2D eigenvalue weighted by Crippen LogP contribution is 2.20. The molecular formula is C19H27F3N4O2. The molecule has 0 spiro atoms. The summed E-state index contributed by atoms with van der Waals surface area (Å²) in [7, 11) is 1.55. The van der Waals surface area contributed by atoms with Crippen LogP contribution in [0.25, 0.3) is 0 Å². The zero-order chi connectivity index (χ0) is 20.4. The summed E-state index contributed by atoms with van der Waals surface area (Å²) in [6.07, 6.45) is 7.43. The number of amides is 1. The molecule has 0 aromatic heterocycles. The SMILES string of the molecule is CN=C(NCCOC1CCCCCC1)NCC(=O)Nc1ccc(F)c(F)c1F. The first-order valence-electron chi connectivity index (χ1n) is 9.50. The Bertz CT molecular complexity index is 677. The van der Waals surface area contributed by atoms with Gasteiger partial charge < -0.3 is 20.7 Å². The predicted molar refractivity (Wildman–Crippen MR) is 102 cm³/mol. The summed E-state index contributed by atoms with van der Waals surface area (Å²) >= 11 is 0. The number of ether oxygens (including phenoxy) is 1. The first kappa shape index (κ1) is 22.0. The van der Waals surface area contributed by atoms with Gasteiger partial charge in [0.05, 0.1) is 24.9 Å². The van der Waals surface area contributed by atoms with E-state index in [1.165, 1.54) is 25.7 Å². The van der Waals surface area contributed by atoms with E-state index < -0.39 is 29.0 Å². The zero-order valence-corrected chi connectivity index (χ0v) is 16.0. The van der Waals surface area contributed by atoms with Crippen molar-refractivity contribution in [3.8, 4) is 0 Å². The van der Waals surface area contributed by atoms with Crippen molar-refractivity contribution in [1.82, 2.24) is 10.6 Å². The number of anilines is 1. The number of rotatable bonds is 7. The maximum atomic E-state index is 13.6. The van der Waals surface area contributed by atoms with Gasteiger partial charge in [0.25, 0.3) is 0 Å². The number of halogens is 3. The van der Waals surface area contributed by atoms with E-state index in [9.17, 15) is 18.0 Å². The van der Waals surface area contributed by atoms with Gasteiger partial charge in [-0.2, -0.15) is 0 Å². The van der Waals surface area contributed by atoms with Crippen molar-refractivity contribution in [3.05, 3.63) is 29.6 Å². The van der Waals surface area contributed by atoms with Crippen LogP contribution in [0.5, 0.6) is 0 Å². The molecule has 0 saturated heterocycles. The molecule has 0 heterocycles. The van der Waals surface area contributed by atoms with Gasteiger partial charge in [-0.3, -0.25) is 9.79 Å². The van der Waals surface area contributed by atoms with Gasteiger partial charge in [-0.25, -0.2) is 13.2 Å². The van der Waals surface area contributed by atoms with Crippen LogP contribution in [0.15, 0.2) is 17.1 Å². The van der Waals surface area contributed by atoms with Crippen molar-refractivity contribution < 1.29 is 22.7 Å². The fourth-order valence-corrected chi connectivity index (χ4v) is 3.01. The van der Waals surface area contributed by atoms with Crippen molar-refractivity contribution >= 4 is 17.6 Å². The molecule has 2 rings (SSSR count). The summed E-state index contributed by atoms with van der Waals surface area (Å²) in [6.45, 7) is 0.828. The lowest BCUT2D eigenvalue weighted by Crippen LogP contribution is -2.42. The maximum Gasteiger partial charge on any atom is 0.243 e. The Hall–Kier alpha value is -2.29. The number of benzene rings is 1. The highest BCUT2D eigenvalue weighted by atomic mass is 19.2. The van der Waals surface area contributed by atoms with Gasteiger partial charge in [-0.1, -0.05) is 25.7 Å². The van der Waals surface area contributed by atoms with Crippen LogP contribution in [0.2, 0.25) is 0 Å². The molecule has 0 bridgehead atoms. The number of carbonyl (C=O) groups is 1. The summed E-state index contributed by atoms with van der Waals surface area (Å²) in [6, 6.07) is 1.71. The third-order valence-corrected chi connectivity index (χ3v) is 4.50. The van der Waals surface area contributed by atoms with Crippen LogP contribution in [0, 0.1) is 17.5 Å². The Labute approximate surface area is 162 Å². The van der Waals surface area contributed by atoms with Gasteiger partial charge in [0.2, 0.25) is 5.91 Å². The molecule has 1 aliphatic carbocycles. The Balaban J connectivity index is 1.68. The van der Waals surface area contributed by atoms with Crippen molar-refractivity contribution in [3.63, 3.8) is 0 Å². The predicted octanol–water partition coefficient (Wildman–Crippen LogP) is 2.95. The largest absolute Gasteiger partial charge is 0.376 e. The normalized spacial score (nSPS) is 15.8. The smallest absolute Gasteiger partial charge is 0.243 e. The van der Waals surface area contributed by atoms with Crippen molar-refractivity contribution in [2.45, 2.75) is 44.6 Å². The van der Waals surface area contributed by atoms with Crippen LogP contribution in [-0.4, -0.2) is 44.7 Å². The molecule has 1 aliphatic rings. The van der Waals surface area contributed by atoms with Crippen LogP contribution >= 0.6 is 0 Å². The van der Waals surface area contributed by atoms with Crippen LogP contribution in [0.4, 0.5) is 18.9 Å². The number of hydrogen-bond acceptors (Lipinski definition) is 3. The minimum Gasteiger partial charge on any atom is -0.376 e. The molecule has 6 nitrogen and oxygen atoms in total. The monoisotopic (exact) mass is 400 g/mol. The average molecular weight is 400 g/mol. The highest BCUT2D eigenvalue weighted by molar-refractivity contribution is 5.95. The molecule has 156 valence electrons. The lowest BCUT2D eigenvalue weighted by atomic mass is 10.1. The van der Waals surface area contributed by atoms with E-state index in [0.717, 1.165) is 25.0 Å². The number of nitrogens with one attached hydrogen (secondary N) is 3. The molecule has 0 atom stereocenters. The van der Waals surface area contributed by atoms with Crippen LogP contribution < -0.4 is 16.0 Å². The number of hydrogen-bond donors (Lipinski definition) is 3. The minimum absolute atomic E-state index is 0.221. The molecule has 1 fully saturated rings. The Morgan fingerprint density at radius 3 is 2.50 bits per heavy atom. The number of guanidine groups is 1. The zero-order valence-electron chi connectivity index (χ0n) is 16.0. The first-order chi connectivity index (χ1) is 13.5. The number of nitrogens with zero attached hydrogens (tertiary/aromatic N) is 1. The van der Waals surface area contributed by atoms with Gasteiger partial charge in [-0.05, 0) is 25.0 Å². The molecule has 0 unspecified atom stereocenters. The van der Waals surface area contributed by atoms with Crippen LogP contribution in [0.1, 0.15) is 38.5 Å². The average Bonchev–Trinajstić information content (AvgIpc) is 2.97. The van der Waals surface area contributed by atoms with E-state index in [1.807, 2.05) is 0 Å². The van der Waals surface area contributed by atoms with E-state index in [2.05, 4.69) is 20.9 Å². The molecular weight excluding hydrogens is 373 g/mol.